The summed E-state index contributed by atoms with van der Waals surface area (Å²) >= 11 is 6.40. The summed E-state index contributed by atoms with van der Waals surface area (Å²) in [5.41, 5.74) is 1.88. The molecule has 2 aromatic carbocycles. The summed E-state index contributed by atoms with van der Waals surface area (Å²) in [4.78, 5) is 15.5. The number of sulfonamides is 1. The van der Waals surface area contributed by atoms with Gasteiger partial charge in [-0.05, 0) is 98.2 Å². The van der Waals surface area contributed by atoms with Crippen LogP contribution >= 0.6 is 11.6 Å². The van der Waals surface area contributed by atoms with E-state index in [-0.39, 0.29) is 23.0 Å². The van der Waals surface area contributed by atoms with Crippen LogP contribution in [-0.4, -0.2) is 59.4 Å². The number of aryl methyl sites for hydroxylation is 1. The molecule has 1 N–H and O–H groups in total. The lowest BCUT2D eigenvalue weighted by Gasteiger charge is -2.46. The van der Waals surface area contributed by atoms with Crippen molar-refractivity contribution in [1.29, 1.82) is 0 Å². The first-order valence-corrected chi connectivity index (χ1v) is 16.8. The Labute approximate surface area is 252 Å². The van der Waals surface area contributed by atoms with Crippen molar-refractivity contribution in [1.82, 2.24) is 4.72 Å². The molecule has 4 atom stereocenters. The molecule has 0 saturated heterocycles. The first-order chi connectivity index (χ1) is 20.2. The fourth-order valence-electron chi connectivity index (χ4n) is 7.42. The largest absolute Gasteiger partial charge is 0.490 e. The van der Waals surface area contributed by atoms with Gasteiger partial charge >= 0.3 is 0 Å². The molecule has 1 amide bonds. The van der Waals surface area contributed by atoms with Crippen LogP contribution in [0.2, 0.25) is 5.02 Å². The number of methoxy groups -OCH3 is 1. The number of anilines is 1. The van der Waals surface area contributed by atoms with Crippen molar-refractivity contribution in [2.75, 3.05) is 38.3 Å². The number of ether oxygens (including phenoxy) is 3. The number of carbonyl (C=O) groups excluding carboxylic acids is 1. The van der Waals surface area contributed by atoms with Gasteiger partial charge in [0.25, 0.3) is 15.9 Å². The number of carbonyl (C=O) groups is 1. The zero-order valence-electron chi connectivity index (χ0n) is 23.8. The molecule has 2 aromatic rings. The molecule has 8 nitrogen and oxygen atoms in total. The van der Waals surface area contributed by atoms with Crippen LogP contribution in [0.3, 0.4) is 0 Å². The number of rotatable bonds is 1. The third kappa shape index (κ3) is 4.92. The second kappa shape index (κ2) is 10.5. The predicted molar refractivity (Wildman–Crippen MR) is 160 cm³/mol. The number of hydrogen-bond acceptors (Lipinski definition) is 7. The Hall–Kier alpha value is -2.59. The molecule has 5 aliphatic rings. The van der Waals surface area contributed by atoms with Crippen LogP contribution in [0.4, 0.5) is 5.69 Å². The molecule has 2 spiro atoms. The monoisotopic (exact) mass is 612 g/mol. The maximum absolute atomic E-state index is 13.5. The molecule has 0 aromatic heterocycles. The van der Waals surface area contributed by atoms with Gasteiger partial charge in [-0.15, -0.1) is 0 Å². The SMILES string of the molecule is CO[C@H]1/C=C/COC2(CC2)C(=O)NS(=O)(=O)c2ccc3c(c2)N(C[C@@H]2CC[C@H]21)C[C@@]1(CCCc2cc(Cl)ccc21)CO3. The van der Waals surface area contributed by atoms with Crippen LogP contribution in [0.1, 0.15) is 49.7 Å². The van der Waals surface area contributed by atoms with E-state index >= 15 is 0 Å². The molecule has 10 heteroatoms. The highest BCUT2D eigenvalue weighted by atomic mass is 35.5. The summed E-state index contributed by atoms with van der Waals surface area (Å²) < 4.78 is 47.7. The van der Waals surface area contributed by atoms with Gasteiger partial charge in [-0.2, -0.15) is 0 Å². The Morgan fingerprint density at radius 3 is 2.74 bits per heavy atom. The van der Waals surface area contributed by atoms with Gasteiger partial charge in [0, 0.05) is 30.6 Å². The van der Waals surface area contributed by atoms with Gasteiger partial charge in [0.2, 0.25) is 0 Å². The molecule has 0 radical (unpaired) electrons. The number of benzene rings is 2. The van der Waals surface area contributed by atoms with Crippen molar-refractivity contribution in [3.63, 3.8) is 0 Å². The van der Waals surface area contributed by atoms with E-state index in [0.717, 1.165) is 49.4 Å². The topological polar surface area (TPSA) is 94.2 Å². The van der Waals surface area contributed by atoms with E-state index in [2.05, 4.69) is 21.8 Å². The van der Waals surface area contributed by atoms with Crippen LogP contribution in [-0.2, 0) is 36.1 Å². The molecule has 2 bridgehead atoms. The van der Waals surface area contributed by atoms with E-state index in [1.165, 1.54) is 17.2 Å². The summed E-state index contributed by atoms with van der Waals surface area (Å²) in [6, 6.07) is 11.1. The van der Waals surface area contributed by atoms with Crippen molar-refractivity contribution in [2.24, 2.45) is 11.8 Å². The van der Waals surface area contributed by atoms with E-state index in [4.69, 9.17) is 25.8 Å². The Morgan fingerprint density at radius 2 is 1.98 bits per heavy atom. The minimum Gasteiger partial charge on any atom is -0.490 e. The minimum atomic E-state index is -4.13. The lowest BCUT2D eigenvalue weighted by molar-refractivity contribution is -0.132. The lowest BCUT2D eigenvalue weighted by Crippen LogP contribution is -2.49. The highest BCUT2D eigenvalue weighted by Gasteiger charge is 2.52. The standard InChI is InChI=1S/C32H37ClN2O6S/c1-39-28-5-3-15-41-32(13-14-32)30(36)34-42(37,38)24-8-11-29-27(17-24)35(18-22-6-9-25(22)28)19-31(20-40-29)12-2-4-21-16-23(33)7-10-26(21)31/h3,5,7-8,10-11,16-17,22,25,28H,2,4,6,9,12-15,18-20H2,1H3,(H,34,36)/b5-3+/t22-,25+,28-,31-/m0/s1. The summed E-state index contributed by atoms with van der Waals surface area (Å²) in [6.45, 7) is 2.15. The Bertz CT molecular complexity index is 1540. The molecule has 7 rings (SSSR count). The second-order valence-electron chi connectivity index (χ2n) is 12.6. The van der Waals surface area contributed by atoms with Gasteiger partial charge in [-0.25, -0.2) is 13.1 Å². The summed E-state index contributed by atoms with van der Waals surface area (Å²) in [5, 5.41) is 0.736. The first-order valence-electron chi connectivity index (χ1n) is 14.9. The second-order valence-corrected chi connectivity index (χ2v) is 14.7. The minimum absolute atomic E-state index is 0.0395. The van der Waals surface area contributed by atoms with Crippen molar-refractivity contribution in [3.05, 3.63) is 64.7 Å². The van der Waals surface area contributed by atoms with Crippen LogP contribution in [0.25, 0.3) is 0 Å². The van der Waals surface area contributed by atoms with Crippen LogP contribution in [0.15, 0.2) is 53.4 Å². The molecule has 42 heavy (non-hydrogen) atoms. The van der Waals surface area contributed by atoms with Gasteiger partial charge < -0.3 is 19.1 Å². The number of nitrogens with zero attached hydrogens (tertiary/aromatic N) is 1. The van der Waals surface area contributed by atoms with E-state index in [0.29, 0.717) is 43.6 Å². The van der Waals surface area contributed by atoms with E-state index in [1.54, 1.807) is 19.2 Å². The number of fused-ring (bicyclic) bond motifs is 4. The van der Waals surface area contributed by atoms with Gasteiger partial charge in [0.15, 0.2) is 0 Å². The number of halogens is 1. The maximum Gasteiger partial charge on any atom is 0.265 e. The van der Waals surface area contributed by atoms with Gasteiger partial charge in [-0.1, -0.05) is 29.8 Å². The number of hydrogen-bond donors (Lipinski definition) is 1. The van der Waals surface area contributed by atoms with Crippen LogP contribution in [0.5, 0.6) is 5.75 Å². The van der Waals surface area contributed by atoms with Crippen molar-refractivity contribution in [3.8, 4) is 5.75 Å². The molecule has 224 valence electrons. The summed E-state index contributed by atoms with van der Waals surface area (Å²) in [7, 11) is -2.39. The lowest BCUT2D eigenvalue weighted by atomic mass is 9.68. The highest BCUT2D eigenvalue weighted by Crippen LogP contribution is 2.47. The highest BCUT2D eigenvalue weighted by molar-refractivity contribution is 7.90. The third-order valence-corrected chi connectivity index (χ3v) is 11.6. The van der Waals surface area contributed by atoms with Crippen molar-refractivity contribution in [2.45, 2.75) is 67.0 Å². The van der Waals surface area contributed by atoms with Crippen LogP contribution < -0.4 is 14.4 Å². The van der Waals surface area contributed by atoms with Crippen molar-refractivity contribution < 1.29 is 27.4 Å². The summed E-state index contributed by atoms with van der Waals surface area (Å²) in [5.74, 6) is 0.718. The zero-order valence-corrected chi connectivity index (χ0v) is 25.4. The molecule has 2 saturated carbocycles. The normalized spacial score (nSPS) is 32.0. The Morgan fingerprint density at radius 1 is 1.12 bits per heavy atom. The maximum atomic E-state index is 13.5. The van der Waals surface area contributed by atoms with Gasteiger partial charge in [-0.3, -0.25) is 4.79 Å². The predicted octanol–water partition coefficient (Wildman–Crippen LogP) is 4.78. The molecule has 0 unspecified atom stereocenters. The number of nitrogens with one attached hydrogen (secondary N) is 1. The van der Waals surface area contributed by atoms with E-state index in [9.17, 15) is 13.2 Å². The molecular weight excluding hydrogens is 576 g/mol. The fourth-order valence-corrected chi connectivity index (χ4v) is 8.67. The first kappa shape index (κ1) is 28.2. The Balaban J connectivity index is 1.31. The van der Waals surface area contributed by atoms with E-state index < -0.39 is 21.5 Å². The molecule has 2 aliphatic heterocycles. The zero-order chi connectivity index (χ0) is 29.1. The Kier molecular flexibility index (Phi) is 7.08. The number of amides is 1. The molecule has 2 fully saturated rings. The average molecular weight is 613 g/mol. The fraction of sp³-hybridized carbons (Fsp3) is 0.531. The smallest absolute Gasteiger partial charge is 0.265 e. The molecular formula is C32H37ClN2O6S. The van der Waals surface area contributed by atoms with E-state index in [1.807, 2.05) is 18.2 Å². The van der Waals surface area contributed by atoms with Gasteiger partial charge in [0.05, 0.1) is 29.9 Å². The van der Waals surface area contributed by atoms with Gasteiger partial charge in [0.1, 0.15) is 11.4 Å². The average Bonchev–Trinajstić information content (AvgIpc) is 3.77. The summed E-state index contributed by atoms with van der Waals surface area (Å²) in [6.07, 6.45) is 9.94. The molecule has 2 heterocycles. The van der Waals surface area contributed by atoms with Crippen LogP contribution in [0, 0.1) is 11.8 Å². The van der Waals surface area contributed by atoms with Crippen molar-refractivity contribution >= 4 is 33.2 Å². The quantitative estimate of drug-likeness (QED) is 0.463. The third-order valence-electron chi connectivity index (χ3n) is 10.1. The molecule has 3 aliphatic carbocycles.